The quantitative estimate of drug-likeness (QED) is 0.526. The van der Waals surface area contributed by atoms with Gasteiger partial charge in [0, 0.05) is 6.20 Å². The molecule has 0 aliphatic heterocycles. The van der Waals surface area contributed by atoms with Gasteiger partial charge in [-0.3, -0.25) is 5.10 Å². The van der Waals surface area contributed by atoms with Gasteiger partial charge in [-0.25, -0.2) is 0 Å². The van der Waals surface area contributed by atoms with E-state index in [9.17, 15) is 0 Å². The van der Waals surface area contributed by atoms with Crippen molar-refractivity contribution in [2.24, 2.45) is 0 Å². The zero-order chi connectivity index (χ0) is 3.54. The van der Waals surface area contributed by atoms with Crippen LogP contribution in [0.15, 0.2) is 12.4 Å². The van der Waals surface area contributed by atoms with E-state index >= 15 is 0 Å². The largest absolute Gasteiger partial charge is 0.266 e. The van der Waals surface area contributed by atoms with Gasteiger partial charge >= 0.3 is 23.9 Å². The summed E-state index contributed by atoms with van der Waals surface area (Å²) in [6, 6.07) is 0. The van der Waals surface area contributed by atoms with Gasteiger partial charge in [-0.15, -0.1) is 5.10 Å². The Kier molecular flexibility index (Phi) is 3.11. The first-order valence-electron chi connectivity index (χ1n) is 1.30. The maximum atomic E-state index is 3.42. The molecule has 1 rings (SSSR count). The van der Waals surface area contributed by atoms with Gasteiger partial charge in [0.25, 0.3) is 0 Å². The topological polar surface area (TPSA) is 41.6 Å². The van der Waals surface area contributed by atoms with Crippen molar-refractivity contribution >= 4 is 23.9 Å². The molecule has 0 amide bonds. The van der Waals surface area contributed by atoms with E-state index in [2.05, 4.69) is 15.4 Å². The molecule has 0 atom stereocenters. The molecule has 1 heterocycles. The molecule has 1 aromatic heterocycles. The maximum Gasteiger partial charge on any atom is 0.0690 e. The molecule has 4 heteroatoms. The van der Waals surface area contributed by atoms with Crippen molar-refractivity contribution < 1.29 is 0 Å². The standard InChI is InChI=1S/C2H3N3.Sn.2H/c1-2-4-5-3-1;;;/h1-2H,(H,3,4,5);;;. The van der Waals surface area contributed by atoms with Crippen molar-refractivity contribution in [1.82, 2.24) is 15.4 Å². The van der Waals surface area contributed by atoms with Gasteiger partial charge in [0.05, 0.1) is 6.20 Å². The van der Waals surface area contributed by atoms with Crippen LogP contribution in [0.2, 0.25) is 0 Å². The summed E-state index contributed by atoms with van der Waals surface area (Å²) >= 11 is 0. The van der Waals surface area contributed by atoms with Crippen molar-refractivity contribution in [2.45, 2.75) is 0 Å². The van der Waals surface area contributed by atoms with E-state index in [1.54, 1.807) is 12.4 Å². The average molecular weight is 190 g/mol. The van der Waals surface area contributed by atoms with Gasteiger partial charge < -0.3 is 0 Å². The van der Waals surface area contributed by atoms with Crippen molar-refractivity contribution in [1.29, 1.82) is 0 Å². The van der Waals surface area contributed by atoms with Gasteiger partial charge in [-0.2, -0.15) is 0 Å². The molecular weight excluding hydrogens is 185 g/mol. The molecule has 2 radical (unpaired) electrons. The predicted octanol–water partition coefficient (Wildman–Crippen LogP) is -1.11. The monoisotopic (exact) mass is 191 g/mol. The van der Waals surface area contributed by atoms with Crippen LogP contribution in [-0.4, -0.2) is 39.3 Å². The second kappa shape index (κ2) is 3.14. The normalized spacial score (nSPS) is 6.67. The summed E-state index contributed by atoms with van der Waals surface area (Å²) in [7, 11) is 0. The molecule has 0 saturated carbocycles. The van der Waals surface area contributed by atoms with E-state index in [1.807, 2.05) is 0 Å². The Labute approximate surface area is 52.1 Å². The van der Waals surface area contributed by atoms with Gasteiger partial charge in [-0.1, -0.05) is 5.21 Å². The molecule has 0 fully saturated rings. The summed E-state index contributed by atoms with van der Waals surface area (Å²) in [5, 5.41) is 9.26. The molecule has 0 bridgehead atoms. The number of hydrogen-bond donors (Lipinski definition) is 1. The van der Waals surface area contributed by atoms with Crippen molar-refractivity contribution in [2.75, 3.05) is 0 Å². The Balaban J connectivity index is 0.000000250. The maximum absolute atomic E-state index is 3.42. The van der Waals surface area contributed by atoms with E-state index in [0.717, 1.165) is 0 Å². The van der Waals surface area contributed by atoms with Crippen LogP contribution in [0.1, 0.15) is 0 Å². The summed E-state index contributed by atoms with van der Waals surface area (Å²) in [6.45, 7) is 0. The average Bonchev–Trinajstić information content (AvgIpc) is 1.76. The SMILES string of the molecule is [SnH2].c1c[nH]nn1. The van der Waals surface area contributed by atoms with Crippen LogP contribution >= 0.6 is 0 Å². The van der Waals surface area contributed by atoms with Crippen LogP contribution < -0.4 is 0 Å². The molecule has 6 heavy (non-hydrogen) atoms. The van der Waals surface area contributed by atoms with E-state index in [1.165, 1.54) is 0 Å². The first kappa shape index (κ1) is 5.94. The van der Waals surface area contributed by atoms with Crippen LogP contribution in [0.4, 0.5) is 0 Å². The summed E-state index contributed by atoms with van der Waals surface area (Å²) in [4.78, 5) is 0. The Bertz CT molecular complexity index is 65.3. The number of hydrogen-bond acceptors (Lipinski definition) is 2. The number of aromatic nitrogens is 3. The third-order valence-corrected chi connectivity index (χ3v) is 0.331. The fraction of sp³-hybridized carbons (Fsp3) is 0. The fourth-order valence-electron chi connectivity index (χ4n) is 0.167. The van der Waals surface area contributed by atoms with Crippen molar-refractivity contribution in [3.05, 3.63) is 12.4 Å². The third-order valence-electron chi connectivity index (χ3n) is 0.331. The number of aromatic amines is 1. The zero-order valence-corrected chi connectivity index (χ0v) is 7.29. The Hall–Kier alpha value is -0.0613. The molecule has 0 unspecified atom stereocenters. The van der Waals surface area contributed by atoms with E-state index in [0.29, 0.717) is 0 Å². The van der Waals surface area contributed by atoms with Gasteiger partial charge in [0.1, 0.15) is 0 Å². The summed E-state index contributed by atoms with van der Waals surface area (Å²) in [5.74, 6) is 0. The first-order chi connectivity index (χ1) is 2.50. The molecule has 0 aliphatic rings. The Morgan fingerprint density at radius 3 is 2.50 bits per heavy atom. The minimum absolute atomic E-state index is 0. The van der Waals surface area contributed by atoms with Crippen LogP contribution in [0.3, 0.4) is 0 Å². The zero-order valence-electron chi connectivity index (χ0n) is 3.26. The second-order valence-electron chi connectivity index (χ2n) is 0.660. The third kappa shape index (κ3) is 1.39. The van der Waals surface area contributed by atoms with Crippen molar-refractivity contribution in [3.63, 3.8) is 0 Å². The Morgan fingerprint density at radius 2 is 2.33 bits per heavy atom. The molecular formula is C2H5N3Sn. The number of nitrogens with zero attached hydrogens (tertiary/aromatic N) is 2. The van der Waals surface area contributed by atoms with Crippen LogP contribution in [-0.2, 0) is 0 Å². The van der Waals surface area contributed by atoms with Gasteiger partial charge in [0.15, 0.2) is 0 Å². The van der Waals surface area contributed by atoms with Gasteiger partial charge in [-0.05, 0) is 0 Å². The summed E-state index contributed by atoms with van der Waals surface area (Å²) < 4.78 is 0. The first-order valence-corrected chi connectivity index (χ1v) is 1.30. The minimum atomic E-state index is 0. The smallest absolute Gasteiger partial charge is 0.0690 e. The molecule has 32 valence electrons. The number of H-pyrrole nitrogens is 1. The van der Waals surface area contributed by atoms with Crippen molar-refractivity contribution in [3.8, 4) is 0 Å². The van der Waals surface area contributed by atoms with E-state index in [-0.39, 0.29) is 23.9 Å². The number of rotatable bonds is 0. The molecule has 0 aliphatic carbocycles. The van der Waals surface area contributed by atoms with E-state index < -0.39 is 0 Å². The van der Waals surface area contributed by atoms with Crippen LogP contribution in [0.5, 0.6) is 0 Å². The van der Waals surface area contributed by atoms with Crippen LogP contribution in [0.25, 0.3) is 0 Å². The summed E-state index contributed by atoms with van der Waals surface area (Å²) in [5.41, 5.74) is 0. The van der Waals surface area contributed by atoms with Crippen LogP contribution in [0, 0.1) is 0 Å². The predicted molar refractivity (Wildman–Crippen MR) is 24.9 cm³/mol. The molecule has 0 spiro atoms. The van der Waals surface area contributed by atoms with E-state index in [4.69, 9.17) is 0 Å². The number of nitrogens with one attached hydrogen (secondary N) is 1. The molecule has 1 aromatic rings. The minimum Gasteiger partial charge on any atom is -0.266 e. The molecule has 0 saturated heterocycles. The fourth-order valence-corrected chi connectivity index (χ4v) is 0.167. The molecule has 1 N–H and O–H groups in total. The molecule has 3 nitrogen and oxygen atoms in total. The second-order valence-corrected chi connectivity index (χ2v) is 0.660. The van der Waals surface area contributed by atoms with Gasteiger partial charge in [0.2, 0.25) is 0 Å². The Morgan fingerprint density at radius 1 is 1.50 bits per heavy atom. The molecule has 0 aromatic carbocycles. The summed E-state index contributed by atoms with van der Waals surface area (Å²) in [6.07, 6.45) is 3.24.